The molecule has 3 amide bonds. The first kappa shape index (κ1) is 17.4. The summed E-state index contributed by atoms with van der Waals surface area (Å²) < 4.78 is 11.0. The van der Waals surface area contributed by atoms with E-state index in [-0.39, 0.29) is 12.6 Å². The number of hydrogen-bond acceptors (Lipinski definition) is 4. The summed E-state index contributed by atoms with van der Waals surface area (Å²) in [6.07, 6.45) is 1.72. The van der Waals surface area contributed by atoms with Crippen molar-refractivity contribution in [1.29, 1.82) is 0 Å². The molecule has 3 N–H and O–H groups in total. The number of nitrogens with zero attached hydrogens (tertiary/aromatic N) is 1. The van der Waals surface area contributed by atoms with Crippen LogP contribution in [0.5, 0.6) is 0 Å². The lowest BCUT2D eigenvalue weighted by molar-refractivity contribution is -0.142. The standard InChI is InChI=1S/C12H21N3O5S/c1-8(3-6-21(2)20)14-12(19)15-5-4-13-11(18)9(15)7-10(16)17/h8-9H,3-7H2,1-2H3,(H,13,18)(H,14,19)(H,16,17). The number of carboxylic acid groups (broad SMARTS) is 1. The normalized spacial score (nSPS) is 21.3. The van der Waals surface area contributed by atoms with E-state index < -0.39 is 41.2 Å². The van der Waals surface area contributed by atoms with E-state index in [1.807, 2.05) is 0 Å². The molecule has 0 bridgehead atoms. The van der Waals surface area contributed by atoms with E-state index in [2.05, 4.69) is 10.6 Å². The molecule has 3 unspecified atom stereocenters. The van der Waals surface area contributed by atoms with E-state index in [0.717, 1.165) is 0 Å². The average molecular weight is 319 g/mol. The fourth-order valence-corrected chi connectivity index (χ4v) is 2.72. The van der Waals surface area contributed by atoms with Crippen LogP contribution < -0.4 is 10.6 Å². The molecule has 1 rings (SSSR count). The van der Waals surface area contributed by atoms with Crippen molar-refractivity contribution in [1.82, 2.24) is 15.5 Å². The number of nitrogens with one attached hydrogen (secondary N) is 2. The Bertz CT molecular complexity index is 443. The van der Waals surface area contributed by atoms with Crippen LogP contribution in [0.15, 0.2) is 0 Å². The second-order valence-corrected chi connectivity index (χ2v) is 6.57. The van der Waals surface area contributed by atoms with E-state index in [1.165, 1.54) is 4.90 Å². The minimum Gasteiger partial charge on any atom is -0.481 e. The maximum Gasteiger partial charge on any atom is 0.318 e. The largest absolute Gasteiger partial charge is 0.481 e. The Hall–Kier alpha value is -1.64. The van der Waals surface area contributed by atoms with E-state index in [0.29, 0.717) is 18.7 Å². The van der Waals surface area contributed by atoms with Crippen LogP contribution in [-0.4, -0.2) is 69.3 Å². The molecule has 0 aliphatic carbocycles. The summed E-state index contributed by atoms with van der Waals surface area (Å²) in [5, 5.41) is 14.1. The number of amides is 3. The first-order valence-electron chi connectivity index (χ1n) is 6.68. The molecule has 1 aliphatic heterocycles. The summed E-state index contributed by atoms with van der Waals surface area (Å²) in [4.78, 5) is 35.9. The van der Waals surface area contributed by atoms with Crippen LogP contribution in [0.25, 0.3) is 0 Å². The van der Waals surface area contributed by atoms with Crippen LogP contribution >= 0.6 is 0 Å². The molecule has 120 valence electrons. The number of hydrogen-bond donors (Lipinski definition) is 3. The van der Waals surface area contributed by atoms with Gasteiger partial charge in [0.2, 0.25) is 5.91 Å². The number of urea groups is 1. The zero-order valence-corrected chi connectivity index (χ0v) is 12.9. The molecule has 1 fully saturated rings. The molecule has 0 saturated carbocycles. The highest BCUT2D eigenvalue weighted by molar-refractivity contribution is 7.84. The minimum atomic E-state index is -1.13. The molecule has 1 saturated heterocycles. The summed E-state index contributed by atoms with van der Waals surface area (Å²) in [7, 11) is -0.933. The van der Waals surface area contributed by atoms with Crippen LogP contribution in [-0.2, 0) is 20.4 Å². The predicted octanol–water partition coefficient (Wildman–Crippen LogP) is -0.872. The quantitative estimate of drug-likeness (QED) is 0.588. The zero-order valence-electron chi connectivity index (χ0n) is 12.1. The van der Waals surface area contributed by atoms with Crippen molar-refractivity contribution < 1.29 is 23.7 Å². The molecule has 0 spiro atoms. The molecular weight excluding hydrogens is 298 g/mol. The topological polar surface area (TPSA) is 116 Å². The van der Waals surface area contributed by atoms with Crippen molar-refractivity contribution >= 4 is 28.7 Å². The van der Waals surface area contributed by atoms with Crippen molar-refractivity contribution in [3.63, 3.8) is 0 Å². The van der Waals surface area contributed by atoms with E-state index >= 15 is 0 Å². The monoisotopic (exact) mass is 319 g/mol. The molecule has 3 atom stereocenters. The molecule has 0 aromatic carbocycles. The summed E-state index contributed by atoms with van der Waals surface area (Å²) in [6, 6.07) is -1.66. The van der Waals surface area contributed by atoms with Crippen molar-refractivity contribution in [2.45, 2.75) is 31.8 Å². The van der Waals surface area contributed by atoms with Gasteiger partial charge < -0.3 is 20.6 Å². The highest BCUT2D eigenvalue weighted by Crippen LogP contribution is 2.10. The van der Waals surface area contributed by atoms with E-state index in [4.69, 9.17) is 5.11 Å². The predicted molar refractivity (Wildman–Crippen MR) is 77.3 cm³/mol. The molecular formula is C12H21N3O5S. The maximum atomic E-state index is 12.2. The number of rotatable bonds is 6. The van der Waals surface area contributed by atoms with Gasteiger partial charge in [-0.15, -0.1) is 0 Å². The van der Waals surface area contributed by atoms with Crippen molar-refractivity contribution in [2.75, 3.05) is 25.1 Å². The van der Waals surface area contributed by atoms with Gasteiger partial charge in [0.15, 0.2) is 0 Å². The van der Waals surface area contributed by atoms with Gasteiger partial charge in [0.05, 0.1) is 6.42 Å². The van der Waals surface area contributed by atoms with Crippen LogP contribution in [0, 0.1) is 0 Å². The number of carbonyl (C=O) groups is 3. The van der Waals surface area contributed by atoms with E-state index in [1.54, 1.807) is 13.2 Å². The Balaban J connectivity index is 2.62. The third kappa shape index (κ3) is 5.70. The maximum absolute atomic E-state index is 12.2. The second-order valence-electron chi connectivity index (χ2n) is 5.01. The van der Waals surface area contributed by atoms with Gasteiger partial charge in [-0.05, 0) is 13.3 Å². The summed E-state index contributed by atoms with van der Waals surface area (Å²) >= 11 is 0. The highest BCUT2D eigenvalue weighted by Gasteiger charge is 2.34. The SMILES string of the molecule is CC(CCS(C)=O)NC(=O)N1CCNC(=O)C1CC(=O)O. The first-order chi connectivity index (χ1) is 9.81. The summed E-state index contributed by atoms with van der Waals surface area (Å²) in [5.74, 6) is -1.12. The third-order valence-corrected chi connectivity index (χ3v) is 3.98. The molecule has 0 aromatic rings. The lowest BCUT2D eigenvalue weighted by Gasteiger charge is -2.35. The van der Waals surface area contributed by atoms with Gasteiger partial charge >= 0.3 is 12.0 Å². The second kappa shape index (κ2) is 7.96. The fraction of sp³-hybridized carbons (Fsp3) is 0.750. The number of aliphatic carboxylic acids is 1. The lowest BCUT2D eigenvalue weighted by atomic mass is 10.1. The highest BCUT2D eigenvalue weighted by atomic mass is 32.2. The molecule has 21 heavy (non-hydrogen) atoms. The molecule has 8 nitrogen and oxygen atoms in total. The minimum absolute atomic E-state index is 0.197. The van der Waals surface area contributed by atoms with Crippen LogP contribution in [0.4, 0.5) is 4.79 Å². The van der Waals surface area contributed by atoms with Crippen LogP contribution in [0.1, 0.15) is 19.8 Å². The van der Waals surface area contributed by atoms with Gasteiger partial charge in [0.25, 0.3) is 0 Å². The Morgan fingerprint density at radius 2 is 2.24 bits per heavy atom. The van der Waals surface area contributed by atoms with Gasteiger partial charge in [0.1, 0.15) is 6.04 Å². The van der Waals surface area contributed by atoms with Gasteiger partial charge in [0, 0.05) is 41.9 Å². The van der Waals surface area contributed by atoms with Gasteiger partial charge in [-0.3, -0.25) is 13.8 Å². The first-order valence-corrected chi connectivity index (χ1v) is 8.40. The summed E-state index contributed by atoms with van der Waals surface area (Å²) in [5.41, 5.74) is 0. The molecule has 9 heteroatoms. The van der Waals surface area contributed by atoms with Gasteiger partial charge in [-0.2, -0.15) is 0 Å². The number of carbonyl (C=O) groups excluding carboxylic acids is 2. The Morgan fingerprint density at radius 3 is 2.81 bits per heavy atom. The fourth-order valence-electron chi connectivity index (χ4n) is 2.03. The molecule has 1 aliphatic rings. The average Bonchev–Trinajstić information content (AvgIpc) is 2.38. The number of carboxylic acids is 1. The van der Waals surface area contributed by atoms with Gasteiger partial charge in [-0.25, -0.2) is 4.79 Å². The Labute approximate surface area is 125 Å². The Morgan fingerprint density at radius 1 is 1.57 bits per heavy atom. The van der Waals surface area contributed by atoms with Crippen LogP contribution in [0.3, 0.4) is 0 Å². The molecule has 0 aromatic heterocycles. The van der Waals surface area contributed by atoms with E-state index in [9.17, 15) is 18.6 Å². The Kier molecular flexibility index (Phi) is 6.60. The smallest absolute Gasteiger partial charge is 0.318 e. The van der Waals surface area contributed by atoms with Gasteiger partial charge in [-0.1, -0.05) is 0 Å². The third-order valence-electron chi connectivity index (χ3n) is 3.17. The van der Waals surface area contributed by atoms with Crippen molar-refractivity contribution in [3.05, 3.63) is 0 Å². The van der Waals surface area contributed by atoms with Crippen molar-refractivity contribution in [3.8, 4) is 0 Å². The van der Waals surface area contributed by atoms with Crippen LogP contribution in [0.2, 0.25) is 0 Å². The zero-order chi connectivity index (χ0) is 16.0. The molecule has 1 heterocycles. The summed E-state index contributed by atoms with van der Waals surface area (Å²) in [6.45, 7) is 2.35. The number of piperazine rings is 1. The lowest BCUT2D eigenvalue weighted by Crippen LogP contribution is -2.60. The molecule has 0 radical (unpaired) electrons. The van der Waals surface area contributed by atoms with Crippen molar-refractivity contribution in [2.24, 2.45) is 0 Å².